The van der Waals surface area contributed by atoms with Gasteiger partial charge < -0.3 is 9.88 Å². The van der Waals surface area contributed by atoms with Gasteiger partial charge in [0.2, 0.25) is 0 Å². The van der Waals surface area contributed by atoms with E-state index in [-0.39, 0.29) is 0 Å². The molecule has 1 unspecified atom stereocenters. The maximum Gasteiger partial charge on any atom is 0.126 e. The second kappa shape index (κ2) is 8.12. The number of thioether (sulfide) groups is 1. The average Bonchev–Trinajstić information content (AvgIpc) is 2.97. The van der Waals surface area contributed by atoms with E-state index in [9.17, 15) is 0 Å². The molecule has 0 spiro atoms. The van der Waals surface area contributed by atoms with Gasteiger partial charge >= 0.3 is 0 Å². The Kier molecular flexibility index (Phi) is 6.15. The zero-order valence-electron chi connectivity index (χ0n) is 12.2. The quantitative estimate of drug-likeness (QED) is 0.751. The zero-order valence-corrected chi connectivity index (χ0v) is 13.1. The van der Waals surface area contributed by atoms with Gasteiger partial charge in [0.25, 0.3) is 0 Å². The van der Waals surface area contributed by atoms with Crippen molar-refractivity contribution in [3.05, 3.63) is 48.5 Å². The minimum Gasteiger partial charge on any atom is -0.334 e. The van der Waals surface area contributed by atoms with Crippen LogP contribution in [-0.4, -0.2) is 21.8 Å². The van der Waals surface area contributed by atoms with Crippen LogP contribution >= 0.6 is 11.8 Å². The molecule has 0 aliphatic carbocycles. The maximum absolute atomic E-state index is 4.54. The second-order valence-electron chi connectivity index (χ2n) is 4.70. The summed E-state index contributed by atoms with van der Waals surface area (Å²) >= 11 is 1.88. The van der Waals surface area contributed by atoms with Crippen LogP contribution in [0.4, 0.5) is 0 Å². The van der Waals surface area contributed by atoms with Gasteiger partial charge in [0, 0.05) is 29.6 Å². The van der Waals surface area contributed by atoms with Gasteiger partial charge in [-0.1, -0.05) is 25.1 Å². The SMILES string of the molecule is CCCNC(CSc1ccccc1)c1nccn1CC. The lowest BCUT2D eigenvalue weighted by molar-refractivity contribution is 0.523. The predicted octanol–water partition coefficient (Wildman–Crippen LogP) is 3.74. The molecule has 3 nitrogen and oxygen atoms in total. The van der Waals surface area contributed by atoms with Crippen molar-refractivity contribution in [2.75, 3.05) is 12.3 Å². The number of nitrogens with one attached hydrogen (secondary N) is 1. The van der Waals surface area contributed by atoms with E-state index in [1.165, 1.54) is 4.90 Å². The Morgan fingerprint density at radius 2 is 2.05 bits per heavy atom. The van der Waals surface area contributed by atoms with Crippen molar-refractivity contribution in [1.82, 2.24) is 14.9 Å². The molecule has 0 aliphatic heterocycles. The summed E-state index contributed by atoms with van der Waals surface area (Å²) in [5.74, 6) is 2.14. The molecule has 4 heteroatoms. The first-order valence-corrected chi connectivity index (χ1v) is 8.26. The van der Waals surface area contributed by atoms with Crippen LogP contribution in [0.3, 0.4) is 0 Å². The minimum atomic E-state index is 0.301. The van der Waals surface area contributed by atoms with Crippen molar-refractivity contribution in [2.45, 2.75) is 37.8 Å². The van der Waals surface area contributed by atoms with E-state index in [1.807, 2.05) is 18.0 Å². The molecule has 1 heterocycles. The Balaban J connectivity index is 2.04. The standard InChI is InChI=1S/C16H23N3S/c1-3-10-17-15(16-18-11-12-19(16)4-2)13-20-14-8-6-5-7-9-14/h5-9,11-12,15,17H,3-4,10,13H2,1-2H3. The minimum absolute atomic E-state index is 0.301. The van der Waals surface area contributed by atoms with Gasteiger partial charge in [-0.3, -0.25) is 0 Å². The molecule has 20 heavy (non-hydrogen) atoms. The molecule has 1 atom stereocenters. The van der Waals surface area contributed by atoms with Crippen molar-refractivity contribution in [2.24, 2.45) is 0 Å². The molecule has 0 saturated carbocycles. The molecule has 0 radical (unpaired) electrons. The first kappa shape index (κ1) is 15.1. The number of imidazole rings is 1. The van der Waals surface area contributed by atoms with E-state index in [1.54, 1.807) is 0 Å². The smallest absolute Gasteiger partial charge is 0.126 e. The Bertz CT molecular complexity index is 495. The highest BCUT2D eigenvalue weighted by atomic mass is 32.2. The number of nitrogens with zero attached hydrogens (tertiary/aromatic N) is 2. The number of aromatic nitrogens is 2. The highest BCUT2D eigenvalue weighted by Gasteiger charge is 2.16. The van der Waals surface area contributed by atoms with Crippen LogP contribution in [0, 0.1) is 0 Å². The third kappa shape index (κ3) is 4.12. The number of benzene rings is 1. The van der Waals surface area contributed by atoms with E-state index >= 15 is 0 Å². The molecule has 108 valence electrons. The summed E-state index contributed by atoms with van der Waals surface area (Å²) in [5.41, 5.74) is 0. The Morgan fingerprint density at radius 3 is 2.75 bits per heavy atom. The summed E-state index contributed by atoms with van der Waals surface area (Å²) in [7, 11) is 0. The molecule has 0 bridgehead atoms. The van der Waals surface area contributed by atoms with Gasteiger partial charge in [-0.05, 0) is 32.0 Å². The molecule has 2 rings (SSSR count). The van der Waals surface area contributed by atoms with Gasteiger partial charge in [0.1, 0.15) is 5.82 Å². The lowest BCUT2D eigenvalue weighted by Gasteiger charge is -2.19. The molecule has 2 aromatic rings. The van der Waals surface area contributed by atoms with Crippen LogP contribution in [0.15, 0.2) is 47.6 Å². The van der Waals surface area contributed by atoms with Crippen molar-refractivity contribution >= 4 is 11.8 Å². The van der Waals surface area contributed by atoms with Crippen LogP contribution in [0.1, 0.15) is 32.1 Å². The molecule has 0 amide bonds. The highest BCUT2D eigenvalue weighted by Crippen LogP contribution is 2.24. The topological polar surface area (TPSA) is 29.9 Å². The number of aryl methyl sites for hydroxylation is 1. The third-order valence-corrected chi connectivity index (χ3v) is 4.31. The summed E-state index contributed by atoms with van der Waals surface area (Å²) in [6, 6.07) is 10.9. The van der Waals surface area contributed by atoms with Crippen molar-refractivity contribution < 1.29 is 0 Å². The molecule has 0 aliphatic rings. The van der Waals surface area contributed by atoms with Gasteiger partial charge in [0.15, 0.2) is 0 Å². The first-order chi connectivity index (χ1) is 9.85. The normalized spacial score (nSPS) is 12.5. The molecule has 1 aromatic carbocycles. The Hall–Kier alpha value is -1.26. The van der Waals surface area contributed by atoms with Crippen molar-refractivity contribution in [3.8, 4) is 0 Å². The maximum atomic E-state index is 4.54. The van der Waals surface area contributed by atoms with Gasteiger partial charge in [0.05, 0.1) is 6.04 Å². The number of rotatable bonds is 8. The summed E-state index contributed by atoms with van der Waals surface area (Å²) < 4.78 is 2.22. The van der Waals surface area contributed by atoms with E-state index in [4.69, 9.17) is 0 Å². The van der Waals surface area contributed by atoms with E-state index < -0.39 is 0 Å². The summed E-state index contributed by atoms with van der Waals surface area (Å²) in [6.45, 7) is 6.35. The molecule has 0 saturated heterocycles. The molecular formula is C16H23N3S. The van der Waals surface area contributed by atoms with E-state index in [2.05, 4.69) is 65.2 Å². The molecule has 1 N–H and O–H groups in total. The van der Waals surface area contributed by atoms with Crippen molar-refractivity contribution in [3.63, 3.8) is 0 Å². The summed E-state index contributed by atoms with van der Waals surface area (Å²) in [4.78, 5) is 5.85. The molecule has 0 fully saturated rings. The largest absolute Gasteiger partial charge is 0.334 e. The fourth-order valence-corrected chi connectivity index (χ4v) is 3.11. The predicted molar refractivity (Wildman–Crippen MR) is 86.1 cm³/mol. The third-order valence-electron chi connectivity index (χ3n) is 3.20. The Morgan fingerprint density at radius 1 is 1.25 bits per heavy atom. The summed E-state index contributed by atoms with van der Waals surface area (Å²) in [6.07, 6.45) is 5.09. The highest BCUT2D eigenvalue weighted by molar-refractivity contribution is 7.99. The van der Waals surface area contributed by atoms with Crippen LogP contribution in [0.5, 0.6) is 0 Å². The summed E-state index contributed by atoms with van der Waals surface area (Å²) in [5, 5.41) is 3.61. The van der Waals surface area contributed by atoms with Crippen molar-refractivity contribution in [1.29, 1.82) is 0 Å². The van der Waals surface area contributed by atoms with E-state index in [0.717, 1.165) is 31.1 Å². The van der Waals surface area contributed by atoms with Crippen LogP contribution < -0.4 is 5.32 Å². The molecular weight excluding hydrogens is 266 g/mol. The van der Waals surface area contributed by atoms with Crippen LogP contribution in [-0.2, 0) is 6.54 Å². The Labute approximate surface area is 125 Å². The van der Waals surface area contributed by atoms with Gasteiger partial charge in [-0.15, -0.1) is 11.8 Å². The average molecular weight is 289 g/mol. The lowest BCUT2D eigenvalue weighted by atomic mass is 10.3. The number of hydrogen-bond acceptors (Lipinski definition) is 3. The fourth-order valence-electron chi connectivity index (χ4n) is 2.14. The first-order valence-electron chi connectivity index (χ1n) is 7.27. The fraction of sp³-hybridized carbons (Fsp3) is 0.438. The molecule has 1 aromatic heterocycles. The second-order valence-corrected chi connectivity index (χ2v) is 5.80. The monoisotopic (exact) mass is 289 g/mol. The van der Waals surface area contributed by atoms with E-state index in [0.29, 0.717) is 6.04 Å². The van der Waals surface area contributed by atoms with Crippen LogP contribution in [0.2, 0.25) is 0 Å². The van der Waals surface area contributed by atoms with Gasteiger partial charge in [-0.25, -0.2) is 4.98 Å². The van der Waals surface area contributed by atoms with Crippen LogP contribution in [0.25, 0.3) is 0 Å². The number of hydrogen-bond donors (Lipinski definition) is 1. The zero-order chi connectivity index (χ0) is 14.2. The lowest BCUT2D eigenvalue weighted by Crippen LogP contribution is -2.27. The van der Waals surface area contributed by atoms with Gasteiger partial charge in [-0.2, -0.15) is 0 Å².